The zero-order valence-corrected chi connectivity index (χ0v) is 18.4. The fourth-order valence-electron chi connectivity index (χ4n) is 3.54. The predicted octanol–water partition coefficient (Wildman–Crippen LogP) is 3.18. The number of carbonyl (C=O) groups excluding carboxylic acids is 3. The molecule has 1 aromatic heterocycles. The summed E-state index contributed by atoms with van der Waals surface area (Å²) in [7, 11) is 3.03. The second-order valence-electron chi connectivity index (χ2n) is 7.05. The van der Waals surface area contributed by atoms with E-state index in [0.29, 0.717) is 54.3 Å². The molecule has 1 heterocycles. The van der Waals surface area contributed by atoms with Crippen LogP contribution in [0.15, 0.2) is 30.3 Å². The summed E-state index contributed by atoms with van der Waals surface area (Å²) in [5.41, 5.74) is 2.55. The third kappa shape index (κ3) is 5.16. The average Bonchev–Trinajstić information content (AvgIpc) is 2.98. The molecule has 0 N–H and O–H groups in total. The Bertz CT molecular complexity index is 902. The van der Waals surface area contributed by atoms with Gasteiger partial charge in [0.25, 0.3) is 5.91 Å². The van der Waals surface area contributed by atoms with E-state index in [0.717, 1.165) is 0 Å². The number of hydrogen-bond donors (Lipinski definition) is 0. The molecule has 1 aromatic carbocycles. The molecule has 30 heavy (non-hydrogen) atoms. The lowest BCUT2D eigenvalue weighted by atomic mass is 10.0. The molecule has 0 unspecified atom stereocenters. The van der Waals surface area contributed by atoms with E-state index in [1.54, 1.807) is 54.6 Å². The third-order valence-corrected chi connectivity index (χ3v) is 5.15. The summed E-state index contributed by atoms with van der Waals surface area (Å²) in [4.78, 5) is 39.9. The Morgan fingerprint density at radius 3 is 2.37 bits per heavy atom. The summed E-state index contributed by atoms with van der Waals surface area (Å²) in [6.45, 7) is 6.86. The Morgan fingerprint density at radius 2 is 1.77 bits per heavy atom. The number of hydrogen-bond acceptors (Lipinski definition) is 5. The Kier molecular flexibility index (Phi) is 8.35. The summed E-state index contributed by atoms with van der Waals surface area (Å²) >= 11 is 0. The van der Waals surface area contributed by atoms with E-state index >= 15 is 0 Å². The molecule has 2 aromatic rings. The van der Waals surface area contributed by atoms with Gasteiger partial charge >= 0.3 is 5.97 Å². The molecule has 1 amide bonds. The van der Waals surface area contributed by atoms with Crippen molar-refractivity contribution in [3.63, 3.8) is 0 Å². The zero-order chi connectivity index (χ0) is 22.3. The van der Waals surface area contributed by atoms with Crippen molar-refractivity contribution >= 4 is 17.7 Å². The molecule has 162 valence electrons. The summed E-state index contributed by atoms with van der Waals surface area (Å²) in [6.07, 6.45) is 0.625. The van der Waals surface area contributed by atoms with Gasteiger partial charge in [0, 0.05) is 43.6 Å². The van der Waals surface area contributed by atoms with Gasteiger partial charge in [-0.1, -0.05) is 18.2 Å². The number of benzene rings is 1. The van der Waals surface area contributed by atoms with Crippen molar-refractivity contribution in [3.05, 3.63) is 58.4 Å². The number of esters is 1. The first-order valence-electron chi connectivity index (χ1n) is 10.0. The van der Waals surface area contributed by atoms with Gasteiger partial charge in [-0.15, -0.1) is 0 Å². The second kappa shape index (κ2) is 10.7. The van der Waals surface area contributed by atoms with Crippen LogP contribution in [0, 0.1) is 13.8 Å². The SMILES string of the molecule is CCOCCCN(CC(=O)c1c(C)c(C(=O)OC)n(C)c1C)C(=O)c1ccccc1. The molecular formula is C23H30N2O5. The number of amides is 1. The van der Waals surface area contributed by atoms with Crippen LogP contribution in [0.4, 0.5) is 0 Å². The number of Topliss-reactive ketones (excluding diaryl/α,β-unsaturated/α-hetero) is 1. The molecule has 0 bridgehead atoms. The quantitative estimate of drug-likeness (QED) is 0.339. The van der Waals surface area contributed by atoms with Gasteiger partial charge in [0.15, 0.2) is 5.78 Å². The maximum absolute atomic E-state index is 13.2. The Hall–Kier alpha value is -2.93. The van der Waals surface area contributed by atoms with E-state index < -0.39 is 5.97 Å². The zero-order valence-electron chi connectivity index (χ0n) is 18.4. The summed E-state index contributed by atoms with van der Waals surface area (Å²) in [6, 6.07) is 8.89. The molecule has 0 saturated heterocycles. The van der Waals surface area contributed by atoms with Gasteiger partial charge in [-0.25, -0.2) is 4.79 Å². The lowest BCUT2D eigenvalue weighted by Gasteiger charge is -2.22. The smallest absolute Gasteiger partial charge is 0.354 e. The first-order valence-corrected chi connectivity index (χ1v) is 10.0. The standard InChI is InChI=1S/C23H30N2O5/c1-6-30-14-10-13-25(22(27)18-11-8-7-9-12-18)15-19(26)20-16(2)21(23(28)29-5)24(4)17(20)3/h7-9,11-12H,6,10,13-15H2,1-5H3. The monoisotopic (exact) mass is 414 g/mol. The number of aromatic nitrogens is 1. The van der Waals surface area contributed by atoms with Crippen LogP contribution in [-0.4, -0.2) is 60.5 Å². The number of methoxy groups -OCH3 is 1. The van der Waals surface area contributed by atoms with Gasteiger partial charge in [0.1, 0.15) is 5.69 Å². The molecule has 0 spiro atoms. The van der Waals surface area contributed by atoms with Crippen LogP contribution in [0.2, 0.25) is 0 Å². The molecule has 0 saturated carbocycles. The Morgan fingerprint density at radius 1 is 1.10 bits per heavy atom. The predicted molar refractivity (Wildman–Crippen MR) is 114 cm³/mol. The molecule has 0 radical (unpaired) electrons. The lowest BCUT2D eigenvalue weighted by molar-refractivity contribution is 0.0588. The van der Waals surface area contributed by atoms with Crippen molar-refractivity contribution in [2.75, 3.05) is 33.4 Å². The summed E-state index contributed by atoms with van der Waals surface area (Å²) < 4.78 is 11.9. The highest BCUT2D eigenvalue weighted by atomic mass is 16.5. The molecule has 0 atom stereocenters. The van der Waals surface area contributed by atoms with Crippen molar-refractivity contribution in [2.24, 2.45) is 7.05 Å². The fraction of sp³-hybridized carbons (Fsp3) is 0.435. The highest BCUT2D eigenvalue weighted by molar-refractivity contribution is 6.06. The van der Waals surface area contributed by atoms with Gasteiger partial charge in [0.05, 0.1) is 13.7 Å². The number of rotatable bonds is 10. The van der Waals surface area contributed by atoms with Crippen molar-refractivity contribution in [1.82, 2.24) is 9.47 Å². The van der Waals surface area contributed by atoms with Gasteiger partial charge < -0.3 is 18.9 Å². The van der Waals surface area contributed by atoms with Crippen LogP contribution in [0.1, 0.15) is 55.8 Å². The van der Waals surface area contributed by atoms with Crippen LogP contribution < -0.4 is 0 Å². The van der Waals surface area contributed by atoms with Gasteiger partial charge in [-0.2, -0.15) is 0 Å². The molecule has 7 nitrogen and oxygen atoms in total. The molecule has 0 aliphatic carbocycles. The second-order valence-corrected chi connectivity index (χ2v) is 7.05. The molecule has 2 rings (SSSR count). The first-order chi connectivity index (χ1) is 14.3. The highest BCUT2D eigenvalue weighted by Crippen LogP contribution is 2.23. The number of ether oxygens (including phenoxy) is 2. The van der Waals surface area contributed by atoms with Crippen molar-refractivity contribution in [2.45, 2.75) is 27.2 Å². The maximum atomic E-state index is 13.2. The lowest BCUT2D eigenvalue weighted by Crippen LogP contribution is -2.37. The molecule has 0 fully saturated rings. The maximum Gasteiger partial charge on any atom is 0.354 e. The molecular weight excluding hydrogens is 384 g/mol. The van der Waals surface area contributed by atoms with Gasteiger partial charge in [0.2, 0.25) is 0 Å². The topological polar surface area (TPSA) is 77.8 Å². The van der Waals surface area contributed by atoms with E-state index in [9.17, 15) is 14.4 Å². The van der Waals surface area contributed by atoms with Gasteiger partial charge in [-0.3, -0.25) is 9.59 Å². The van der Waals surface area contributed by atoms with Crippen LogP contribution in [0.25, 0.3) is 0 Å². The van der Waals surface area contributed by atoms with Crippen LogP contribution in [0.5, 0.6) is 0 Å². The van der Waals surface area contributed by atoms with E-state index in [-0.39, 0.29) is 18.2 Å². The van der Waals surface area contributed by atoms with Crippen LogP contribution in [-0.2, 0) is 16.5 Å². The summed E-state index contributed by atoms with van der Waals surface area (Å²) in [5, 5.41) is 0. The Labute approximate surface area is 177 Å². The van der Waals surface area contributed by atoms with E-state index in [2.05, 4.69) is 0 Å². The minimum atomic E-state index is -0.494. The number of ketones is 1. The number of nitrogens with zero attached hydrogens (tertiary/aromatic N) is 2. The highest BCUT2D eigenvalue weighted by Gasteiger charge is 2.27. The van der Waals surface area contributed by atoms with E-state index in [4.69, 9.17) is 9.47 Å². The molecule has 7 heteroatoms. The molecule has 0 aliphatic rings. The van der Waals surface area contributed by atoms with E-state index in [1.807, 2.05) is 13.0 Å². The third-order valence-electron chi connectivity index (χ3n) is 5.15. The van der Waals surface area contributed by atoms with Crippen molar-refractivity contribution in [1.29, 1.82) is 0 Å². The summed E-state index contributed by atoms with van der Waals surface area (Å²) in [5.74, 6) is -0.914. The van der Waals surface area contributed by atoms with Crippen molar-refractivity contribution in [3.8, 4) is 0 Å². The Balaban J connectivity index is 2.30. The van der Waals surface area contributed by atoms with Crippen LogP contribution in [0.3, 0.4) is 0 Å². The molecule has 0 aliphatic heterocycles. The van der Waals surface area contributed by atoms with Crippen LogP contribution >= 0.6 is 0 Å². The first kappa shape index (κ1) is 23.3. The minimum absolute atomic E-state index is 0.0772. The average molecular weight is 415 g/mol. The van der Waals surface area contributed by atoms with E-state index in [1.165, 1.54) is 7.11 Å². The normalized spacial score (nSPS) is 10.7. The number of carbonyl (C=O) groups is 3. The van der Waals surface area contributed by atoms with Crippen molar-refractivity contribution < 1.29 is 23.9 Å². The minimum Gasteiger partial charge on any atom is -0.464 e. The largest absolute Gasteiger partial charge is 0.464 e. The fourth-order valence-corrected chi connectivity index (χ4v) is 3.54. The van der Waals surface area contributed by atoms with Gasteiger partial charge in [-0.05, 0) is 44.9 Å².